The molecule has 0 radical (unpaired) electrons. The number of pyridine rings is 1. The van der Waals surface area contributed by atoms with E-state index in [0.29, 0.717) is 17.0 Å². The number of hydrogen-bond donors (Lipinski definition) is 0. The van der Waals surface area contributed by atoms with E-state index in [-0.39, 0.29) is 11.7 Å². The molecule has 0 bridgehead atoms. The summed E-state index contributed by atoms with van der Waals surface area (Å²) in [6.07, 6.45) is 3.06. The first-order valence-corrected chi connectivity index (χ1v) is 5.28. The van der Waals surface area contributed by atoms with Crippen LogP contribution in [0.15, 0.2) is 24.5 Å². The van der Waals surface area contributed by atoms with Crippen molar-refractivity contribution < 1.29 is 14.3 Å². The molecule has 0 aromatic carbocycles. The van der Waals surface area contributed by atoms with Crippen LogP contribution in [-0.2, 0) is 7.05 Å². The van der Waals surface area contributed by atoms with Crippen LogP contribution < -0.4 is 9.47 Å². The van der Waals surface area contributed by atoms with Gasteiger partial charge in [-0.05, 0) is 12.1 Å². The lowest BCUT2D eigenvalue weighted by atomic mass is 10.1. The molecule has 2 aromatic rings. The Hall–Kier alpha value is -2.37. The molecular formula is C12H13N3O3. The largest absolute Gasteiger partial charge is 0.493 e. The summed E-state index contributed by atoms with van der Waals surface area (Å²) in [7, 11) is 4.65. The number of hydrogen-bond acceptors (Lipinski definition) is 5. The maximum absolute atomic E-state index is 12.4. The molecule has 0 spiro atoms. The lowest BCUT2D eigenvalue weighted by molar-refractivity contribution is 0.102. The summed E-state index contributed by atoms with van der Waals surface area (Å²) in [5.41, 5.74) is 0.741. The molecule has 6 nitrogen and oxygen atoms in total. The number of aryl methyl sites for hydroxylation is 1. The molecule has 0 atom stereocenters. The van der Waals surface area contributed by atoms with E-state index < -0.39 is 0 Å². The number of methoxy groups -OCH3 is 2. The van der Waals surface area contributed by atoms with Crippen LogP contribution in [0.2, 0.25) is 0 Å². The minimum Gasteiger partial charge on any atom is -0.493 e. The van der Waals surface area contributed by atoms with Gasteiger partial charge in [0.1, 0.15) is 0 Å². The van der Waals surface area contributed by atoms with Crippen LogP contribution >= 0.6 is 0 Å². The fraction of sp³-hybridized carbons (Fsp3) is 0.250. The zero-order valence-corrected chi connectivity index (χ0v) is 10.4. The third kappa shape index (κ3) is 1.92. The van der Waals surface area contributed by atoms with Crippen LogP contribution in [0.3, 0.4) is 0 Å². The normalized spacial score (nSPS) is 10.2. The van der Waals surface area contributed by atoms with Gasteiger partial charge in [-0.3, -0.25) is 9.48 Å². The molecule has 0 unspecified atom stereocenters. The molecule has 0 saturated heterocycles. The summed E-state index contributed by atoms with van der Waals surface area (Å²) in [4.78, 5) is 16.4. The highest BCUT2D eigenvalue weighted by atomic mass is 16.5. The number of rotatable bonds is 4. The Morgan fingerprint density at radius 1 is 1.33 bits per heavy atom. The van der Waals surface area contributed by atoms with Crippen LogP contribution in [0.1, 0.15) is 16.1 Å². The zero-order chi connectivity index (χ0) is 13.1. The lowest BCUT2D eigenvalue weighted by Crippen LogP contribution is -2.11. The number of ether oxygens (including phenoxy) is 2. The number of ketones is 1. The van der Waals surface area contributed by atoms with E-state index in [1.165, 1.54) is 25.1 Å². The Morgan fingerprint density at radius 2 is 2.11 bits per heavy atom. The summed E-state index contributed by atoms with van der Waals surface area (Å²) in [5.74, 6) is 0.468. The van der Waals surface area contributed by atoms with E-state index in [9.17, 15) is 4.79 Å². The number of carbonyl (C=O) groups excluding carboxylic acids is 1. The van der Waals surface area contributed by atoms with Gasteiger partial charge >= 0.3 is 0 Å². The maximum atomic E-state index is 12.4. The first-order valence-electron chi connectivity index (χ1n) is 5.28. The lowest BCUT2D eigenvalue weighted by Gasteiger charge is -2.07. The van der Waals surface area contributed by atoms with Crippen molar-refractivity contribution in [2.45, 2.75) is 0 Å². The Kier molecular flexibility index (Phi) is 3.27. The molecule has 2 aromatic heterocycles. The van der Waals surface area contributed by atoms with Crippen LogP contribution in [0.25, 0.3) is 0 Å². The van der Waals surface area contributed by atoms with E-state index in [1.54, 1.807) is 25.4 Å². The Labute approximate surface area is 104 Å². The SMILES string of the molecule is COc1cnn(C)c1C(=O)c1cccnc1OC. The standard InChI is InChI=1S/C12H13N3O3/c1-15-10(9(17-2)7-14-15)11(16)8-5-4-6-13-12(8)18-3/h4-7H,1-3H3. The van der Waals surface area contributed by atoms with Crippen molar-refractivity contribution in [3.05, 3.63) is 35.8 Å². The number of carbonyl (C=O) groups is 1. The van der Waals surface area contributed by atoms with Crippen LogP contribution in [0.4, 0.5) is 0 Å². The minimum absolute atomic E-state index is 0.239. The average Bonchev–Trinajstić information content (AvgIpc) is 2.79. The second-order valence-corrected chi connectivity index (χ2v) is 3.57. The first-order chi connectivity index (χ1) is 8.69. The first kappa shape index (κ1) is 12.1. The molecule has 0 N–H and O–H groups in total. The van der Waals surface area contributed by atoms with Crippen LogP contribution in [0, 0.1) is 0 Å². The van der Waals surface area contributed by atoms with Crippen molar-refractivity contribution >= 4 is 5.78 Å². The van der Waals surface area contributed by atoms with Gasteiger partial charge in [0.05, 0.1) is 26.0 Å². The molecule has 94 valence electrons. The zero-order valence-electron chi connectivity index (χ0n) is 10.4. The van der Waals surface area contributed by atoms with Gasteiger partial charge in [0.15, 0.2) is 11.4 Å². The van der Waals surface area contributed by atoms with Crippen molar-refractivity contribution in [1.82, 2.24) is 14.8 Å². The van der Waals surface area contributed by atoms with Gasteiger partial charge < -0.3 is 9.47 Å². The van der Waals surface area contributed by atoms with Gasteiger partial charge in [-0.2, -0.15) is 5.10 Å². The molecule has 0 aliphatic heterocycles. The predicted octanol–water partition coefficient (Wildman–Crippen LogP) is 1.06. The third-order valence-corrected chi connectivity index (χ3v) is 2.55. The van der Waals surface area contributed by atoms with Gasteiger partial charge in [-0.1, -0.05) is 0 Å². The summed E-state index contributed by atoms with van der Waals surface area (Å²) < 4.78 is 11.7. The van der Waals surface area contributed by atoms with Gasteiger partial charge in [0.2, 0.25) is 11.7 Å². The van der Waals surface area contributed by atoms with Crippen LogP contribution in [-0.4, -0.2) is 34.8 Å². The van der Waals surface area contributed by atoms with Crippen molar-refractivity contribution in [3.8, 4) is 11.6 Å². The average molecular weight is 247 g/mol. The van der Waals surface area contributed by atoms with E-state index in [1.807, 2.05) is 0 Å². The van der Waals surface area contributed by atoms with Crippen molar-refractivity contribution in [3.63, 3.8) is 0 Å². The van der Waals surface area contributed by atoms with Gasteiger partial charge in [0.25, 0.3) is 0 Å². The monoisotopic (exact) mass is 247 g/mol. The van der Waals surface area contributed by atoms with Crippen molar-refractivity contribution in [2.75, 3.05) is 14.2 Å². The summed E-state index contributed by atoms with van der Waals surface area (Å²) in [6, 6.07) is 3.33. The molecule has 2 rings (SSSR count). The van der Waals surface area contributed by atoms with Crippen molar-refractivity contribution in [1.29, 1.82) is 0 Å². The summed E-state index contributed by atoms with van der Waals surface area (Å²) >= 11 is 0. The second kappa shape index (κ2) is 4.87. The Balaban J connectivity index is 2.51. The molecule has 0 aliphatic carbocycles. The van der Waals surface area contributed by atoms with E-state index in [2.05, 4.69) is 10.1 Å². The third-order valence-electron chi connectivity index (χ3n) is 2.55. The molecule has 2 heterocycles. The topological polar surface area (TPSA) is 66.2 Å². The Morgan fingerprint density at radius 3 is 2.78 bits per heavy atom. The molecule has 0 fully saturated rings. The number of nitrogens with zero attached hydrogens (tertiary/aromatic N) is 3. The van der Waals surface area contributed by atoms with Gasteiger partial charge in [-0.15, -0.1) is 0 Å². The molecule has 0 amide bonds. The highest BCUT2D eigenvalue weighted by molar-refractivity contribution is 6.10. The predicted molar refractivity (Wildman–Crippen MR) is 64.0 cm³/mol. The minimum atomic E-state index is -0.239. The Bertz CT molecular complexity index is 578. The maximum Gasteiger partial charge on any atom is 0.224 e. The van der Waals surface area contributed by atoms with Crippen LogP contribution in [0.5, 0.6) is 11.6 Å². The fourth-order valence-corrected chi connectivity index (χ4v) is 1.68. The smallest absolute Gasteiger partial charge is 0.224 e. The summed E-state index contributed by atoms with van der Waals surface area (Å²) in [6.45, 7) is 0. The highest BCUT2D eigenvalue weighted by Gasteiger charge is 2.22. The second-order valence-electron chi connectivity index (χ2n) is 3.57. The van der Waals surface area contributed by atoms with E-state index in [4.69, 9.17) is 9.47 Å². The quantitative estimate of drug-likeness (QED) is 0.756. The van der Waals surface area contributed by atoms with Gasteiger partial charge in [-0.25, -0.2) is 4.98 Å². The molecule has 0 aliphatic rings. The van der Waals surface area contributed by atoms with Gasteiger partial charge in [0, 0.05) is 13.2 Å². The molecular weight excluding hydrogens is 234 g/mol. The van der Waals surface area contributed by atoms with Crippen molar-refractivity contribution in [2.24, 2.45) is 7.05 Å². The van der Waals surface area contributed by atoms with E-state index in [0.717, 1.165) is 0 Å². The fourth-order valence-electron chi connectivity index (χ4n) is 1.68. The molecule has 6 heteroatoms. The highest BCUT2D eigenvalue weighted by Crippen LogP contribution is 2.24. The summed E-state index contributed by atoms with van der Waals surface area (Å²) in [5, 5.41) is 4.00. The molecule has 0 saturated carbocycles. The molecule has 18 heavy (non-hydrogen) atoms. The number of aromatic nitrogens is 3. The van der Waals surface area contributed by atoms with E-state index >= 15 is 0 Å².